The quantitative estimate of drug-likeness (QED) is 0.421. The van der Waals surface area contributed by atoms with E-state index in [1.807, 2.05) is 12.2 Å². The van der Waals surface area contributed by atoms with Crippen LogP contribution in [0.1, 0.15) is 29.4 Å². The second-order valence-corrected chi connectivity index (χ2v) is 7.80. The van der Waals surface area contributed by atoms with Gasteiger partial charge in [-0.1, -0.05) is 41.7 Å². The number of rotatable bonds is 6. The number of hydrogen-bond acceptors (Lipinski definition) is 5. The van der Waals surface area contributed by atoms with Crippen LogP contribution in [0.15, 0.2) is 29.3 Å². The van der Waals surface area contributed by atoms with Crippen LogP contribution in [0.2, 0.25) is 15.1 Å². The predicted molar refractivity (Wildman–Crippen MR) is 111 cm³/mol. The van der Waals surface area contributed by atoms with Gasteiger partial charge in [0.1, 0.15) is 5.69 Å². The largest absolute Gasteiger partial charge is 0.417 e. The Kier molecular flexibility index (Phi) is 8.48. The number of halogens is 6. The first-order valence-corrected chi connectivity index (χ1v) is 10.2. The third-order valence-corrected chi connectivity index (χ3v) is 5.28. The number of anilines is 1. The summed E-state index contributed by atoms with van der Waals surface area (Å²) in [6.45, 7) is 2.59. The van der Waals surface area contributed by atoms with Gasteiger partial charge in [0, 0.05) is 17.8 Å². The minimum atomic E-state index is -4.67. The first-order valence-electron chi connectivity index (χ1n) is 8.26. The van der Waals surface area contributed by atoms with E-state index in [-0.39, 0.29) is 5.02 Å². The van der Waals surface area contributed by atoms with Crippen molar-refractivity contribution in [2.24, 2.45) is 0 Å². The third kappa shape index (κ3) is 6.56. The molecule has 0 spiro atoms. The molecule has 30 heavy (non-hydrogen) atoms. The molecule has 162 valence electrons. The second-order valence-electron chi connectivity index (χ2n) is 5.73. The number of hydrogen-bond donors (Lipinski definition) is 3. The number of pyridine rings is 1. The van der Waals surface area contributed by atoms with Gasteiger partial charge in [0.05, 0.1) is 26.2 Å². The fourth-order valence-electron chi connectivity index (χ4n) is 2.10. The minimum Gasteiger partial charge on any atom is -0.384 e. The van der Waals surface area contributed by atoms with Crippen molar-refractivity contribution in [1.82, 2.24) is 15.0 Å². The summed E-state index contributed by atoms with van der Waals surface area (Å²) >= 11 is 18.7. The molecule has 0 radical (unpaired) electrons. The number of imide groups is 1. The van der Waals surface area contributed by atoms with Gasteiger partial charge < -0.3 is 5.32 Å². The highest BCUT2D eigenvalue weighted by molar-refractivity contribution is 7.98. The monoisotopic (exact) mass is 500 g/mol. The fraction of sp³-hybridized carbons (Fsp3) is 0.235. The van der Waals surface area contributed by atoms with Gasteiger partial charge in [-0.3, -0.25) is 14.8 Å². The smallest absolute Gasteiger partial charge is 0.384 e. The first-order chi connectivity index (χ1) is 14.0. The topological polar surface area (TPSA) is 83.1 Å². The molecular weight excluding hydrogens is 488 g/mol. The van der Waals surface area contributed by atoms with Gasteiger partial charge in [0.25, 0.3) is 5.91 Å². The lowest BCUT2D eigenvalue weighted by Crippen LogP contribution is -2.37. The Balaban J connectivity index is 2.06. The molecule has 0 bridgehead atoms. The lowest BCUT2D eigenvalue weighted by Gasteiger charge is -2.14. The molecule has 13 heteroatoms. The molecule has 1 heterocycles. The summed E-state index contributed by atoms with van der Waals surface area (Å²) in [7, 11) is 0. The number of amides is 3. The summed E-state index contributed by atoms with van der Waals surface area (Å²) in [6, 6.07) is 2.71. The van der Waals surface area contributed by atoms with Gasteiger partial charge in [-0.25, -0.2) is 9.78 Å². The number of carbonyl (C=O) groups is 2. The molecule has 2 aromatic rings. The Labute approximate surface area is 189 Å². The van der Waals surface area contributed by atoms with E-state index in [0.717, 1.165) is 18.4 Å². The third-order valence-electron chi connectivity index (χ3n) is 3.43. The number of carbonyl (C=O) groups excluding carboxylic acids is 2. The van der Waals surface area contributed by atoms with Crippen molar-refractivity contribution in [2.75, 3.05) is 11.9 Å². The summed E-state index contributed by atoms with van der Waals surface area (Å²) < 4.78 is 40.3. The molecule has 0 saturated carbocycles. The molecule has 3 amide bonds. The second kappa shape index (κ2) is 10.4. The van der Waals surface area contributed by atoms with Gasteiger partial charge in [-0.15, -0.1) is 0 Å². The maximum Gasteiger partial charge on any atom is 0.417 e. The summed E-state index contributed by atoms with van der Waals surface area (Å²) in [5.41, 5.74) is -1.06. The van der Waals surface area contributed by atoms with Crippen LogP contribution < -0.4 is 15.4 Å². The molecular formula is C17H14Cl3F3N4O2S. The Morgan fingerprint density at radius 1 is 1.13 bits per heavy atom. The van der Waals surface area contributed by atoms with Crippen LogP contribution >= 0.6 is 46.8 Å². The van der Waals surface area contributed by atoms with E-state index >= 15 is 0 Å². The van der Waals surface area contributed by atoms with Crippen molar-refractivity contribution in [3.05, 3.63) is 50.7 Å². The summed E-state index contributed by atoms with van der Waals surface area (Å²) in [5, 5.41) is 5.16. The van der Waals surface area contributed by atoms with Crippen LogP contribution in [0.5, 0.6) is 0 Å². The highest BCUT2D eigenvalue weighted by Crippen LogP contribution is 2.36. The Morgan fingerprint density at radius 2 is 1.83 bits per heavy atom. The Hall–Kier alpha value is -1.88. The number of nitrogens with zero attached hydrogens (tertiary/aromatic N) is 1. The maximum absolute atomic E-state index is 12.6. The normalized spacial score (nSPS) is 11.2. The summed E-state index contributed by atoms with van der Waals surface area (Å²) in [5.74, 6) is -1.07. The molecule has 0 unspecified atom stereocenters. The fourth-order valence-corrected chi connectivity index (χ4v) is 3.60. The summed E-state index contributed by atoms with van der Waals surface area (Å²) in [4.78, 5) is 28.0. The number of benzene rings is 1. The van der Waals surface area contributed by atoms with E-state index in [4.69, 9.17) is 34.8 Å². The zero-order chi connectivity index (χ0) is 22.5. The van der Waals surface area contributed by atoms with Gasteiger partial charge >= 0.3 is 12.2 Å². The van der Waals surface area contributed by atoms with Gasteiger partial charge in [0.15, 0.2) is 0 Å². The molecule has 2 rings (SSSR count). The van der Waals surface area contributed by atoms with Gasteiger partial charge in [0.2, 0.25) is 0 Å². The molecule has 0 saturated heterocycles. The average molecular weight is 502 g/mol. The van der Waals surface area contributed by atoms with Crippen molar-refractivity contribution < 1.29 is 22.8 Å². The minimum absolute atomic E-state index is 0.269. The first kappa shape index (κ1) is 24.4. The molecule has 6 nitrogen and oxygen atoms in total. The molecule has 1 aromatic carbocycles. The van der Waals surface area contributed by atoms with E-state index in [2.05, 4.69) is 15.0 Å². The highest BCUT2D eigenvalue weighted by Gasteiger charge is 2.32. The number of aromatic nitrogens is 1. The molecule has 0 aliphatic rings. The van der Waals surface area contributed by atoms with E-state index in [1.165, 1.54) is 6.07 Å². The zero-order valence-corrected chi connectivity index (χ0v) is 18.2. The number of urea groups is 1. The predicted octanol–water partition coefficient (Wildman–Crippen LogP) is 6.03. The van der Waals surface area contributed by atoms with Gasteiger partial charge in [-0.05, 0) is 36.6 Å². The SMILES string of the molecule is CCCNc1cc(Cl)cc(Cl)c1SNC(=O)NC(=O)c1ncc(C(F)(F)F)cc1Cl. The standard InChI is InChI=1S/C17H14Cl3F3N4O2S/c1-2-3-24-12-6-9(18)5-11(20)14(12)30-27-16(29)26-15(28)13-10(19)4-8(7-25-13)17(21,22)23/h4-7,24H,2-3H2,1H3,(H2,26,27,28,29). The van der Waals surface area contributed by atoms with Crippen molar-refractivity contribution >= 4 is 64.4 Å². The van der Waals surface area contributed by atoms with Crippen molar-refractivity contribution in [2.45, 2.75) is 24.4 Å². The lowest BCUT2D eigenvalue weighted by atomic mass is 10.2. The van der Waals surface area contributed by atoms with Crippen molar-refractivity contribution in [3.63, 3.8) is 0 Å². The van der Waals surface area contributed by atoms with Crippen LogP contribution in [-0.2, 0) is 6.18 Å². The molecule has 0 fully saturated rings. The molecule has 0 aliphatic heterocycles. The van der Waals surface area contributed by atoms with Crippen LogP contribution in [0.25, 0.3) is 0 Å². The Morgan fingerprint density at radius 3 is 2.43 bits per heavy atom. The average Bonchev–Trinajstić information content (AvgIpc) is 2.64. The van der Waals surface area contributed by atoms with Crippen LogP contribution in [0, 0.1) is 0 Å². The Bertz CT molecular complexity index is 961. The van der Waals surface area contributed by atoms with E-state index in [1.54, 1.807) is 6.07 Å². The zero-order valence-electron chi connectivity index (χ0n) is 15.2. The van der Waals surface area contributed by atoms with E-state index in [9.17, 15) is 22.8 Å². The van der Waals surface area contributed by atoms with Crippen molar-refractivity contribution in [3.8, 4) is 0 Å². The highest BCUT2D eigenvalue weighted by atomic mass is 35.5. The number of alkyl halides is 3. The van der Waals surface area contributed by atoms with Crippen LogP contribution in [-0.4, -0.2) is 23.5 Å². The molecule has 0 aliphatic carbocycles. The van der Waals surface area contributed by atoms with Crippen molar-refractivity contribution in [1.29, 1.82) is 0 Å². The molecule has 1 aromatic heterocycles. The maximum atomic E-state index is 12.6. The van der Waals surface area contributed by atoms with Crippen LogP contribution in [0.4, 0.5) is 23.7 Å². The van der Waals surface area contributed by atoms with Crippen LogP contribution in [0.3, 0.4) is 0 Å². The van der Waals surface area contributed by atoms with E-state index in [0.29, 0.717) is 34.4 Å². The van der Waals surface area contributed by atoms with E-state index < -0.39 is 34.4 Å². The number of nitrogens with one attached hydrogen (secondary N) is 3. The molecule has 3 N–H and O–H groups in total. The summed E-state index contributed by atoms with van der Waals surface area (Å²) in [6.07, 6.45) is -3.38. The van der Waals surface area contributed by atoms with Gasteiger partial charge in [-0.2, -0.15) is 13.2 Å². The lowest BCUT2D eigenvalue weighted by molar-refractivity contribution is -0.137. The molecule has 0 atom stereocenters.